The highest BCUT2D eigenvalue weighted by atomic mass is 15.2. The summed E-state index contributed by atoms with van der Waals surface area (Å²) in [5, 5.41) is 3.47. The van der Waals surface area contributed by atoms with Gasteiger partial charge < -0.3 is 5.32 Å². The molecular weight excluding hydrogens is 244 g/mol. The van der Waals surface area contributed by atoms with Gasteiger partial charge in [-0.15, -0.1) is 0 Å². The van der Waals surface area contributed by atoms with E-state index in [0.717, 1.165) is 12.5 Å². The topological polar surface area (TPSA) is 15.3 Å². The van der Waals surface area contributed by atoms with E-state index in [-0.39, 0.29) is 0 Å². The lowest BCUT2D eigenvalue weighted by Gasteiger charge is -2.35. The SMILES string of the molecule is CCCC(c1ccccc1)N(CC)CC1CCNCC1. The van der Waals surface area contributed by atoms with Crippen LogP contribution in [0.15, 0.2) is 30.3 Å². The molecule has 0 aromatic heterocycles. The summed E-state index contributed by atoms with van der Waals surface area (Å²) in [7, 11) is 0. The van der Waals surface area contributed by atoms with Crippen molar-refractivity contribution in [2.24, 2.45) is 5.92 Å². The zero-order valence-corrected chi connectivity index (χ0v) is 13.1. The number of benzene rings is 1. The van der Waals surface area contributed by atoms with Crippen LogP contribution in [0.25, 0.3) is 0 Å². The maximum atomic E-state index is 3.47. The van der Waals surface area contributed by atoms with Gasteiger partial charge in [-0.2, -0.15) is 0 Å². The zero-order chi connectivity index (χ0) is 14.2. The van der Waals surface area contributed by atoms with E-state index in [1.807, 2.05) is 0 Å². The van der Waals surface area contributed by atoms with Crippen LogP contribution in [0.3, 0.4) is 0 Å². The molecule has 1 heterocycles. The summed E-state index contributed by atoms with van der Waals surface area (Å²) in [5.74, 6) is 0.874. The Hall–Kier alpha value is -0.860. The van der Waals surface area contributed by atoms with Gasteiger partial charge in [0.25, 0.3) is 0 Å². The third kappa shape index (κ3) is 4.32. The number of nitrogens with one attached hydrogen (secondary N) is 1. The van der Waals surface area contributed by atoms with Gasteiger partial charge in [0.2, 0.25) is 0 Å². The molecule has 1 N–H and O–H groups in total. The Labute approximate surface area is 124 Å². The predicted octanol–water partition coefficient (Wildman–Crippen LogP) is 3.85. The normalized spacial score (nSPS) is 18.4. The van der Waals surface area contributed by atoms with E-state index >= 15 is 0 Å². The first-order chi connectivity index (χ1) is 9.85. The standard InChI is InChI=1S/C18H30N2/c1-3-8-18(17-9-6-5-7-10-17)20(4-2)15-16-11-13-19-14-12-16/h5-7,9-10,16,18-19H,3-4,8,11-15H2,1-2H3. The van der Waals surface area contributed by atoms with Crippen molar-refractivity contribution >= 4 is 0 Å². The van der Waals surface area contributed by atoms with E-state index in [4.69, 9.17) is 0 Å². The Morgan fingerprint density at radius 2 is 1.85 bits per heavy atom. The molecule has 1 aromatic rings. The van der Waals surface area contributed by atoms with E-state index < -0.39 is 0 Å². The van der Waals surface area contributed by atoms with Gasteiger partial charge >= 0.3 is 0 Å². The maximum absolute atomic E-state index is 3.47. The van der Waals surface area contributed by atoms with Crippen molar-refractivity contribution in [3.05, 3.63) is 35.9 Å². The van der Waals surface area contributed by atoms with Crippen molar-refractivity contribution in [2.75, 3.05) is 26.2 Å². The van der Waals surface area contributed by atoms with E-state index in [9.17, 15) is 0 Å². The van der Waals surface area contributed by atoms with Crippen LogP contribution in [-0.2, 0) is 0 Å². The van der Waals surface area contributed by atoms with Gasteiger partial charge in [0, 0.05) is 12.6 Å². The van der Waals surface area contributed by atoms with E-state index in [0.29, 0.717) is 6.04 Å². The molecule has 1 aliphatic heterocycles. The molecule has 2 rings (SSSR count). The van der Waals surface area contributed by atoms with Gasteiger partial charge in [0.05, 0.1) is 0 Å². The lowest BCUT2D eigenvalue weighted by molar-refractivity contribution is 0.151. The number of rotatable bonds is 7. The fraction of sp³-hybridized carbons (Fsp3) is 0.667. The predicted molar refractivity (Wildman–Crippen MR) is 86.9 cm³/mol. The highest BCUT2D eigenvalue weighted by Crippen LogP contribution is 2.27. The minimum atomic E-state index is 0.598. The Balaban J connectivity index is 2.04. The minimum absolute atomic E-state index is 0.598. The second-order valence-corrected chi connectivity index (χ2v) is 6.00. The molecule has 112 valence electrons. The van der Waals surface area contributed by atoms with Crippen molar-refractivity contribution in [1.82, 2.24) is 10.2 Å². The fourth-order valence-electron chi connectivity index (χ4n) is 3.38. The molecule has 2 nitrogen and oxygen atoms in total. The van der Waals surface area contributed by atoms with Crippen LogP contribution in [0.1, 0.15) is 51.1 Å². The Kier molecular flexibility index (Phi) is 6.55. The molecule has 1 aromatic carbocycles. The number of hydrogen-bond acceptors (Lipinski definition) is 2. The van der Waals surface area contributed by atoms with Crippen molar-refractivity contribution in [3.8, 4) is 0 Å². The molecule has 1 atom stereocenters. The molecule has 0 amide bonds. The average molecular weight is 274 g/mol. The summed E-state index contributed by atoms with van der Waals surface area (Å²) in [6, 6.07) is 11.7. The summed E-state index contributed by atoms with van der Waals surface area (Å²) in [4.78, 5) is 2.70. The molecule has 0 spiro atoms. The van der Waals surface area contributed by atoms with E-state index in [1.54, 1.807) is 0 Å². The van der Waals surface area contributed by atoms with Crippen LogP contribution >= 0.6 is 0 Å². The first-order valence-electron chi connectivity index (χ1n) is 8.34. The second kappa shape index (κ2) is 8.43. The quantitative estimate of drug-likeness (QED) is 0.812. The third-order valence-corrected chi connectivity index (χ3v) is 4.54. The zero-order valence-electron chi connectivity index (χ0n) is 13.1. The third-order valence-electron chi connectivity index (χ3n) is 4.54. The van der Waals surface area contributed by atoms with E-state index in [1.165, 1.54) is 50.9 Å². The molecule has 0 radical (unpaired) electrons. The van der Waals surface area contributed by atoms with Crippen LogP contribution in [-0.4, -0.2) is 31.1 Å². The largest absolute Gasteiger partial charge is 0.317 e. The maximum Gasteiger partial charge on any atom is 0.0348 e. The smallest absolute Gasteiger partial charge is 0.0348 e. The summed E-state index contributed by atoms with van der Waals surface area (Å²) < 4.78 is 0. The molecular formula is C18H30N2. The highest BCUT2D eigenvalue weighted by Gasteiger charge is 2.22. The van der Waals surface area contributed by atoms with Crippen LogP contribution in [0.2, 0.25) is 0 Å². The molecule has 1 fully saturated rings. The summed E-state index contributed by atoms with van der Waals surface area (Å²) in [5.41, 5.74) is 1.49. The molecule has 0 saturated carbocycles. The lowest BCUT2D eigenvalue weighted by Crippen LogP contribution is -2.38. The summed E-state index contributed by atoms with van der Waals surface area (Å²) in [6.45, 7) is 9.43. The second-order valence-electron chi connectivity index (χ2n) is 6.00. The summed E-state index contributed by atoms with van der Waals surface area (Å²) in [6.07, 6.45) is 5.19. The number of hydrogen-bond donors (Lipinski definition) is 1. The van der Waals surface area contributed by atoms with Gasteiger partial charge in [-0.3, -0.25) is 4.90 Å². The fourth-order valence-corrected chi connectivity index (χ4v) is 3.38. The molecule has 0 aliphatic carbocycles. The van der Waals surface area contributed by atoms with Gasteiger partial charge in [0.1, 0.15) is 0 Å². The molecule has 0 bridgehead atoms. The number of nitrogens with zero attached hydrogens (tertiary/aromatic N) is 1. The Bertz CT molecular complexity index is 357. The van der Waals surface area contributed by atoms with Crippen LogP contribution in [0.5, 0.6) is 0 Å². The average Bonchev–Trinajstić information content (AvgIpc) is 2.52. The first kappa shape index (κ1) is 15.5. The first-order valence-corrected chi connectivity index (χ1v) is 8.34. The molecule has 1 unspecified atom stereocenters. The Morgan fingerprint density at radius 1 is 1.15 bits per heavy atom. The van der Waals surface area contributed by atoms with Crippen molar-refractivity contribution in [2.45, 2.75) is 45.6 Å². The van der Waals surface area contributed by atoms with Crippen molar-refractivity contribution in [3.63, 3.8) is 0 Å². The van der Waals surface area contributed by atoms with Crippen molar-refractivity contribution in [1.29, 1.82) is 0 Å². The lowest BCUT2D eigenvalue weighted by atomic mass is 9.94. The van der Waals surface area contributed by atoms with Gasteiger partial charge in [-0.05, 0) is 50.4 Å². The van der Waals surface area contributed by atoms with E-state index in [2.05, 4.69) is 54.4 Å². The van der Waals surface area contributed by atoms with Crippen LogP contribution < -0.4 is 5.32 Å². The van der Waals surface area contributed by atoms with Gasteiger partial charge in [-0.1, -0.05) is 50.6 Å². The van der Waals surface area contributed by atoms with Gasteiger partial charge in [-0.25, -0.2) is 0 Å². The molecule has 2 heteroatoms. The Morgan fingerprint density at radius 3 is 2.45 bits per heavy atom. The molecule has 1 aliphatic rings. The molecule has 1 saturated heterocycles. The van der Waals surface area contributed by atoms with Crippen LogP contribution in [0, 0.1) is 5.92 Å². The monoisotopic (exact) mass is 274 g/mol. The van der Waals surface area contributed by atoms with Crippen molar-refractivity contribution < 1.29 is 0 Å². The minimum Gasteiger partial charge on any atom is -0.317 e. The van der Waals surface area contributed by atoms with Crippen LogP contribution in [0.4, 0.5) is 0 Å². The summed E-state index contributed by atoms with van der Waals surface area (Å²) >= 11 is 0. The highest BCUT2D eigenvalue weighted by molar-refractivity contribution is 5.19. The van der Waals surface area contributed by atoms with Gasteiger partial charge in [0.15, 0.2) is 0 Å². The number of piperidine rings is 1. The molecule has 20 heavy (non-hydrogen) atoms.